The molecule has 0 saturated carbocycles. The van der Waals surface area contributed by atoms with Crippen LogP contribution in [0.5, 0.6) is 0 Å². The van der Waals surface area contributed by atoms with Crippen LogP contribution in [-0.4, -0.2) is 36.9 Å². The Kier molecular flexibility index (Phi) is 9.00. The predicted molar refractivity (Wildman–Crippen MR) is 137 cm³/mol. The van der Waals surface area contributed by atoms with Crippen LogP contribution in [0.4, 0.5) is 5.69 Å². The van der Waals surface area contributed by atoms with Gasteiger partial charge in [0.25, 0.3) is 0 Å². The number of hydrogen-bond donors (Lipinski definition) is 3. The van der Waals surface area contributed by atoms with Crippen molar-refractivity contribution in [2.75, 3.05) is 11.8 Å². The Morgan fingerprint density at radius 1 is 1.11 bits per heavy atom. The second kappa shape index (κ2) is 11.8. The number of thiazole rings is 1. The van der Waals surface area contributed by atoms with Gasteiger partial charge >= 0.3 is 16.3 Å². The number of methoxy groups -OCH3 is 1. The Bertz CT molecular complexity index is 1240. The van der Waals surface area contributed by atoms with Crippen LogP contribution in [0, 0.1) is 11.8 Å². The molecule has 35 heavy (non-hydrogen) atoms. The van der Waals surface area contributed by atoms with Gasteiger partial charge in [-0.25, -0.2) is 4.98 Å². The van der Waals surface area contributed by atoms with Gasteiger partial charge in [-0.3, -0.25) is 18.9 Å². The van der Waals surface area contributed by atoms with E-state index in [1.807, 2.05) is 27.6 Å². The highest BCUT2D eigenvalue weighted by Crippen LogP contribution is 2.31. The number of ether oxygens (including phenoxy) is 1. The maximum atomic E-state index is 13.0. The molecular formula is C23H27N3O6S3. The normalized spacial score (nSPS) is 14.1. The maximum absolute atomic E-state index is 13.0. The summed E-state index contributed by atoms with van der Waals surface area (Å²) in [7, 11) is -3.04. The summed E-state index contributed by atoms with van der Waals surface area (Å²) in [5, 5.41) is 7.80. The molecule has 0 spiro atoms. The number of anilines is 1. The number of rotatable bonds is 11. The summed E-state index contributed by atoms with van der Waals surface area (Å²) < 4.78 is 37.8. The summed E-state index contributed by atoms with van der Waals surface area (Å²) in [5.41, 5.74) is 1.76. The second-order valence-corrected chi connectivity index (χ2v) is 11.1. The van der Waals surface area contributed by atoms with Gasteiger partial charge in [0.05, 0.1) is 35.3 Å². The van der Waals surface area contributed by atoms with E-state index < -0.39 is 28.2 Å². The summed E-state index contributed by atoms with van der Waals surface area (Å²) in [5.74, 6) is -1.41. The van der Waals surface area contributed by atoms with E-state index in [1.54, 1.807) is 37.3 Å². The van der Waals surface area contributed by atoms with Crippen molar-refractivity contribution in [1.82, 2.24) is 10.3 Å². The van der Waals surface area contributed by atoms with Crippen LogP contribution in [0.2, 0.25) is 0 Å². The van der Waals surface area contributed by atoms with E-state index in [9.17, 15) is 18.0 Å². The standard InChI is InChI=1S/C23H27N3O6S3/c1-14(11-15(2)23(28)32-3)21(27)24-18(19-13-34-22(25-19)20-5-4-10-33-20)12-16-6-8-17(9-7-16)26-35(29,30)31/h4-10,13-15,18,26H,11-12H2,1-3H3,(H,24,27)(H,29,30,31). The van der Waals surface area contributed by atoms with Crippen LogP contribution < -0.4 is 10.0 Å². The monoisotopic (exact) mass is 537 g/mol. The van der Waals surface area contributed by atoms with E-state index in [1.165, 1.54) is 30.6 Å². The topological polar surface area (TPSA) is 135 Å². The molecule has 0 bridgehead atoms. The van der Waals surface area contributed by atoms with Gasteiger partial charge in [0, 0.05) is 11.3 Å². The molecule has 2 heterocycles. The lowest BCUT2D eigenvalue weighted by Gasteiger charge is -2.21. The third kappa shape index (κ3) is 7.85. The molecule has 12 heteroatoms. The fourth-order valence-electron chi connectivity index (χ4n) is 3.53. The predicted octanol–water partition coefficient (Wildman–Crippen LogP) is 4.32. The first-order chi connectivity index (χ1) is 16.6. The molecule has 188 valence electrons. The zero-order valence-corrected chi connectivity index (χ0v) is 21.9. The summed E-state index contributed by atoms with van der Waals surface area (Å²) in [4.78, 5) is 30.6. The molecule has 0 aliphatic carbocycles. The molecule has 0 aliphatic heterocycles. The number of aromatic nitrogens is 1. The molecule has 3 N–H and O–H groups in total. The highest BCUT2D eigenvalue weighted by Gasteiger charge is 2.25. The smallest absolute Gasteiger partial charge is 0.357 e. The number of carbonyl (C=O) groups excluding carboxylic acids is 2. The molecule has 0 fully saturated rings. The molecule has 0 radical (unpaired) electrons. The van der Waals surface area contributed by atoms with E-state index >= 15 is 0 Å². The summed E-state index contributed by atoms with van der Waals surface area (Å²) in [6, 6.07) is 9.97. The molecule has 3 aromatic rings. The molecular weight excluding hydrogens is 510 g/mol. The number of amides is 1. The SMILES string of the molecule is COC(=O)C(C)CC(C)C(=O)NC(Cc1ccc(NS(=O)(=O)O)cc1)c1csc(-c2cccs2)n1. The maximum Gasteiger partial charge on any atom is 0.357 e. The summed E-state index contributed by atoms with van der Waals surface area (Å²) >= 11 is 3.07. The number of esters is 1. The minimum atomic E-state index is -4.37. The molecule has 9 nitrogen and oxygen atoms in total. The number of hydrogen-bond acceptors (Lipinski definition) is 8. The van der Waals surface area contributed by atoms with Crippen LogP contribution in [0.3, 0.4) is 0 Å². The van der Waals surface area contributed by atoms with Gasteiger partial charge in [-0.2, -0.15) is 8.42 Å². The van der Waals surface area contributed by atoms with E-state index in [2.05, 4.69) is 5.32 Å². The quantitative estimate of drug-likeness (QED) is 0.245. The Morgan fingerprint density at radius 3 is 2.43 bits per heavy atom. The van der Waals surface area contributed by atoms with Gasteiger partial charge in [0.2, 0.25) is 5.91 Å². The van der Waals surface area contributed by atoms with Crippen molar-refractivity contribution in [2.45, 2.75) is 32.7 Å². The third-order valence-corrected chi connectivity index (χ3v) is 7.72. The minimum Gasteiger partial charge on any atom is -0.469 e. The Hall–Kier alpha value is -2.80. The first-order valence-electron chi connectivity index (χ1n) is 10.8. The van der Waals surface area contributed by atoms with Crippen LogP contribution in [0.25, 0.3) is 9.88 Å². The van der Waals surface area contributed by atoms with Crippen LogP contribution in [-0.2, 0) is 31.1 Å². The first kappa shape index (κ1) is 26.8. The lowest BCUT2D eigenvalue weighted by atomic mass is 9.95. The van der Waals surface area contributed by atoms with Crippen molar-refractivity contribution < 1.29 is 27.3 Å². The van der Waals surface area contributed by atoms with E-state index in [0.29, 0.717) is 18.5 Å². The van der Waals surface area contributed by atoms with Gasteiger partial charge in [-0.1, -0.05) is 32.0 Å². The minimum absolute atomic E-state index is 0.207. The van der Waals surface area contributed by atoms with Crippen molar-refractivity contribution in [3.8, 4) is 9.88 Å². The Labute approximate surface area is 212 Å². The fourth-order valence-corrected chi connectivity index (χ4v) is 5.65. The zero-order valence-electron chi connectivity index (χ0n) is 19.4. The molecule has 1 aromatic carbocycles. The number of nitrogens with zero attached hydrogens (tertiary/aromatic N) is 1. The Morgan fingerprint density at radius 2 is 1.83 bits per heavy atom. The lowest BCUT2D eigenvalue weighted by molar-refractivity contribution is -0.145. The van der Waals surface area contributed by atoms with Crippen molar-refractivity contribution >= 4 is 50.5 Å². The fraction of sp³-hybridized carbons (Fsp3) is 0.348. The largest absolute Gasteiger partial charge is 0.469 e. The Balaban J connectivity index is 1.79. The highest BCUT2D eigenvalue weighted by molar-refractivity contribution is 7.87. The van der Waals surface area contributed by atoms with Crippen LogP contribution in [0.1, 0.15) is 37.6 Å². The average molecular weight is 538 g/mol. The number of benzene rings is 1. The van der Waals surface area contributed by atoms with E-state index in [-0.39, 0.29) is 17.6 Å². The van der Waals surface area contributed by atoms with E-state index in [0.717, 1.165) is 15.4 Å². The number of carbonyl (C=O) groups is 2. The molecule has 1 amide bonds. The first-order valence-corrected chi connectivity index (χ1v) is 14.0. The number of nitrogens with one attached hydrogen (secondary N) is 2. The molecule has 3 rings (SSSR count). The molecule has 2 aromatic heterocycles. The molecule has 3 unspecified atom stereocenters. The van der Waals surface area contributed by atoms with Gasteiger partial charge in [-0.05, 0) is 42.0 Å². The third-order valence-electron chi connectivity index (χ3n) is 5.33. The highest BCUT2D eigenvalue weighted by atomic mass is 32.2. The van der Waals surface area contributed by atoms with Gasteiger partial charge in [0.1, 0.15) is 5.01 Å². The van der Waals surface area contributed by atoms with Crippen molar-refractivity contribution in [3.63, 3.8) is 0 Å². The summed E-state index contributed by atoms with van der Waals surface area (Å²) in [6.45, 7) is 3.49. The zero-order chi connectivity index (χ0) is 25.6. The molecule has 0 saturated heterocycles. The van der Waals surface area contributed by atoms with Crippen molar-refractivity contribution in [3.05, 3.63) is 58.4 Å². The van der Waals surface area contributed by atoms with Crippen LogP contribution in [0.15, 0.2) is 47.2 Å². The van der Waals surface area contributed by atoms with Gasteiger partial charge in [-0.15, -0.1) is 22.7 Å². The van der Waals surface area contributed by atoms with Crippen molar-refractivity contribution in [1.29, 1.82) is 0 Å². The molecule has 3 atom stereocenters. The van der Waals surface area contributed by atoms with Gasteiger partial charge < -0.3 is 10.1 Å². The number of thiophene rings is 1. The average Bonchev–Trinajstić information content (AvgIpc) is 3.50. The lowest BCUT2D eigenvalue weighted by Crippen LogP contribution is -2.35. The van der Waals surface area contributed by atoms with Crippen LogP contribution >= 0.6 is 22.7 Å². The van der Waals surface area contributed by atoms with Gasteiger partial charge in [0.15, 0.2) is 0 Å². The molecule has 0 aliphatic rings. The van der Waals surface area contributed by atoms with E-state index in [4.69, 9.17) is 14.3 Å². The second-order valence-electron chi connectivity index (χ2n) is 8.16. The van der Waals surface area contributed by atoms with Crippen molar-refractivity contribution in [2.24, 2.45) is 11.8 Å². The summed E-state index contributed by atoms with van der Waals surface area (Å²) in [6.07, 6.45) is 0.753.